The number of carboxylic acids is 1. The molecule has 2 aromatic carbocycles. The van der Waals surface area contributed by atoms with E-state index in [0.29, 0.717) is 39.7 Å². The smallest absolute Gasteiger partial charge is 0.335 e. The molecule has 2 aromatic heterocycles. The number of nitrogens with zero attached hydrogens (tertiary/aromatic N) is 3. The number of benzene rings is 2. The van der Waals surface area contributed by atoms with Gasteiger partial charge in [-0.05, 0) is 61.1 Å². The molecule has 2 N–H and O–H groups in total. The zero-order valence-corrected chi connectivity index (χ0v) is 20.2. The molecule has 7 nitrogen and oxygen atoms in total. The highest BCUT2D eigenvalue weighted by molar-refractivity contribution is 6.00. The minimum atomic E-state index is -1.37. The number of nitrogens with one attached hydrogen (secondary N) is 1. The van der Waals surface area contributed by atoms with Crippen molar-refractivity contribution < 1.29 is 23.4 Å². The van der Waals surface area contributed by atoms with Crippen LogP contribution in [-0.4, -0.2) is 38.6 Å². The first-order valence-electron chi connectivity index (χ1n) is 11.8. The van der Waals surface area contributed by atoms with Crippen molar-refractivity contribution in [2.24, 2.45) is 0 Å². The van der Waals surface area contributed by atoms with E-state index in [4.69, 9.17) is 4.74 Å². The maximum Gasteiger partial charge on any atom is 0.335 e. The second-order valence-electron chi connectivity index (χ2n) is 10.2. The number of nitriles is 1. The van der Waals surface area contributed by atoms with Gasteiger partial charge in [-0.3, -0.25) is 5.10 Å². The summed E-state index contributed by atoms with van der Waals surface area (Å²) in [6.07, 6.45) is 2.59. The maximum atomic E-state index is 16.2. The Morgan fingerprint density at radius 2 is 2.08 bits per heavy atom. The van der Waals surface area contributed by atoms with Crippen molar-refractivity contribution in [1.82, 2.24) is 14.8 Å². The molecule has 0 aliphatic heterocycles. The van der Waals surface area contributed by atoms with E-state index >= 15 is 4.39 Å². The lowest BCUT2D eigenvalue weighted by atomic mass is 9.79. The van der Waals surface area contributed by atoms with Crippen molar-refractivity contribution in [3.05, 3.63) is 59.4 Å². The summed E-state index contributed by atoms with van der Waals surface area (Å²) in [5, 5.41) is 27.3. The van der Waals surface area contributed by atoms with Gasteiger partial charge in [-0.1, -0.05) is 13.8 Å². The van der Waals surface area contributed by atoms with E-state index < -0.39 is 28.6 Å². The number of aromatic amines is 1. The SMILES string of the molecule is CO[C@@]1(C(=O)O)CC[C@@H](c2c(C(C)(C)CC#N)n(-c3ccc(F)cc3)c3cc4cn[nH]c4c(F)c23)C1. The monoisotopic (exact) mass is 492 g/mol. The Hall–Kier alpha value is -3.77. The minimum Gasteiger partial charge on any atom is -0.479 e. The van der Waals surface area contributed by atoms with E-state index in [9.17, 15) is 19.6 Å². The number of hydrogen-bond acceptors (Lipinski definition) is 4. The van der Waals surface area contributed by atoms with Crippen LogP contribution in [0.3, 0.4) is 0 Å². The van der Waals surface area contributed by atoms with Crippen LogP contribution >= 0.6 is 0 Å². The number of hydrogen-bond donors (Lipinski definition) is 2. The van der Waals surface area contributed by atoms with Crippen LogP contribution < -0.4 is 0 Å². The van der Waals surface area contributed by atoms with Crippen molar-refractivity contribution in [1.29, 1.82) is 5.26 Å². The molecule has 0 saturated heterocycles. The Morgan fingerprint density at radius 3 is 2.69 bits per heavy atom. The van der Waals surface area contributed by atoms with E-state index in [0.717, 1.165) is 0 Å². The highest BCUT2D eigenvalue weighted by Crippen LogP contribution is 2.51. The molecule has 0 radical (unpaired) electrons. The van der Waals surface area contributed by atoms with Gasteiger partial charge in [-0.15, -0.1) is 0 Å². The molecule has 0 bridgehead atoms. The predicted molar refractivity (Wildman–Crippen MR) is 130 cm³/mol. The van der Waals surface area contributed by atoms with Crippen LogP contribution in [0.5, 0.6) is 0 Å². The van der Waals surface area contributed by atoms with Crippen molar-refractivity contribution >= 4 is 27.8 Å². The summed E-state index contributed by atoms with van der Waals surface area (Å²) in [7, 11) is 1.38. The second-order valence-corrected chi connectivity index (χ2v) is 10.2. The molecular formula is C27H26F2N4O3. The molecule has 5 rings (SSSR count). The minimum absolute atomic E-state index is 0.139. The van der Waals surface area contributed by atoms with Crippen molar-refractivity contribution in [3.63, 3.8) is 0 Å². The fourth-order valence-corrected chi connectivity index (χ4v) is 5.76. The normalized spacial score (nSPS) is 20.3. The number of carbonyl (C=O) groups is 1. The molecule has 36 heavy (non-hydrogen) atoms. The van der Waals surface area contributed by atoms with Gasteiger partial charge in [0.1, 0.15) is 11.3 Å². The molecular weight excluding hydrogens is 466 g/mol. The molecule has 0 amide bonds. The van der Waals surface area contributed by atoms with Crippen LogP contribution in [0.1, 0.15) is 56.7 Å². The molecule has 2 heterocycles. The van der Waals surface area contributed by atoms with Gasteiger partial charge in [-0.25, -0.2) is 13.6 Å². The van der Waals surface area contributed by atoms with E-state index in [1.54, 1.807) is 12.1 Å². The first-order chi connectivity index (χ1) is 17.1. The van der Waals surface area contributed by atoms with E-state index in [1.165, 1.54) is 25.4 Å². The zero-order valence-electron chi connectivity index (χ0n) is 20.2. The van der Waals surface area contributed by atoms with Gasteiger partial charge in [0.25, 0.3) is 0 Å². The number of fused-ring (bicyclic) bond motifs is 2. The van der Waals surface area contributed by atoms with Gasteiger partial charge < -0.3 is 14.4 Å². The topological polar surface area (TPSA) is 104 Å². The first-order valence-corrected chi connectivity index (χ1v) is 11.8. The van der Waals surface area contributed by atoms with Crippen LogP contribution in [0.2, 0.25) is 0 Å². The summed E-state index contributed by atoms with van der Waals surface area (Å²) in [6.45, 7) is 3.82. The Kier molecular flexibility index (Phi) is 5.60. The highest BCUT2D eigenvalue weighted by Gasteiger charge is 2.49. The molecule has 1 aliphatic rings. The molecule has 1 saturated carbocycles. The lowest BCUT2D eigenvalue weighted by molar-refractivity contribution is -0.161. The van der Waals surface area contributed by atoms with Crippen LogP contribution in [0, 0.1) is 23.0 Å². The molecule has 4 aromatic rings. The summed E-state index contributed by atoms with van der Waals surface area (Å²) < 4.78 is 37.5. The van der Waals surface area contributed by atoms with Gasteiger partial charge in [0.2, 0.25) is 0 Å². The Balaban J connectivity index is 1.91. The number of halogens is 2. The third-order valence-corrected chi connectivity index (χ3v) is 7.55. The highest BCUT2D eigenvalue weighted by atomic mass is 19.1. The molecule has 186 valence electrons. The van der Waals surface area contributed by atoms with E-state index in [1.807, 2.05) is 24.5 Å². The number of carboxylic acid groups (broad SMARTS) is 1. The fraction of sp³-hybridized carbons (Fsp3) is 0.370. The number of rotatable bonds is 6. The van der Waals surface area contributed by atoms with Crippen molar-refractivity contribution in [2.45, 2.75) is 56.5 Å². The first kappa shape index (κ1) is 23.9. The molecule has 1 aliphatic carbocycles. The van der Waals surface area contributed by atoms with E-state index in [2.05, 4.69) is 16.3 Å². The average Bonchev–Trinajstić information content (AvgIpc) is 3.56. The van der Waals surface area contributed by atoms with Gasteiger partial charge >= 0.3 is 5.97 Å². The number of aliphatic carboxylic acids is 1. The zero-order chi connectivity index (χ0) is 25.8. The predicted octanol–water partition coefficient (Wildman–Crippen LogP) is 5.71. The Morgan fingerprint density at radius 1 is 1.36 bits per heavy atom. The number of aromatic nitrogens is 3. The Labute approximate surface area is 206 Å². The van der Waals surface area contributed by atoms with E-state index in [-0.39, 0.29) is 30.7 Å². The van der Waals surface area contributed by atoms with Crippen LogP contribution in [0.4, 0.5) is 8.78 Å². The lowest BCUT2D eigenvalue weighted by Crippen LogP contribution is -2.37. The lowest BCUT2D eigenvalue weighted by Gasteiger charge is -2.29. The van der Waals surface area contributed by atoms with Crippen molar-refractivity contribution in [2.75, 3.05) is 7.11 Å². The summed E-state index contributed by atoms with van der Waals surface area (Å²) in [5.41, 5.74) is 0.659. The number of H-pyrrole nitrogens is 1. The van der Waals surface area contributed by atoms with Gasteiger partial charge in [0, 0.05) is 41.1 Å². The second kappa shape index (κ2) is 8.42. The standard InChI is InChI=1S/C27H26F2N4O3/c1-26(2,10-11-30)24-20(15-8-9-27(13-15,36-3)25(34)35)21-19(12-16-14-31-32-23(16)22(21)29)33(24)18-6-4-17(28)5-7-18/h4-7,12,14-15H,8-10,13H2,1-3H3,(H,31,32)(H,34,35)/t15-,27+/m1/s1. The molecule has 0 unspecified atom stereocenters. The van der Waals surface area contributed by atoms with Crippen LogP contribution in [0.15, 0.2) is 36.5 Å². The third-order valence-electron chi connectivity index (χ3n) is 7.55. The largest absolute Gasteiger partial charge is 0.479 e. The fourth-order valence-electron chi connectivity index (χ4n) is 5.76. The summed E-state index contributed by atoms with van der Waals surface area (Å²) in [5.74, 6) is -2.29. The molecule has 9 heteroatoms. The molecule has 1 fully saturated rings. The van der Waals surface area contributed by atoms with Crippen LogP contribution in [0.25, 0.3) is 27.5 Å². The summed E-state index contributed by atoms with van der Waals surface area (Å²) >= 11 is 0. The molecule has 2 atom stereocenters. The van der Waals surface area contributed by atoms with Gasteiger partial charge in [0.05, 0.1) is 17.8 Å². The quantitative estimate of drug-likeness (QED) is 0.359. The summed E-state index contributed by atoms with van der Waals surface area (Å²) in [4.78, 5) is 12.1. The summed E-state index contributed by atoms with van der Waals surface area (Å²) in [6, 6.07) is 9.98. The maximum absolute atomic E-state index is 16.2. The third kappa shape index (κ3) is 3.47. The Bertz CT molecular complexity index is 1530. The van der Waals surface area contributed by atoms with Gasteiger partial charge in [-0.2, -0.15) is 10.4 Å². The average molecular weight is 493 g/mol. The molecule has 0 spiro atoms. The number of methoxy groups -OCH3 is 1. The van der Waals surface area contributed by atoms with Crippen LogP contribution in [-0.2, 0) is 14.9 Å². The van der Waals surface area contributed by atoms with Gasteiger partial charge in [0.15, 0.2) is 11.4 Å². The number of ether oxygens (including phenoxy) is 1. The van der Waals surface area contributed by atoms with Crippen molar-refractivity contribution in [3.8, 4) is 11.8 Å².